The van der Waals surface area contributed by atoms with Crippen molar-refractivity contribution >= 4 is 5.84 Å². The van der Waals surface area contributed by atoms with E-state index >= 15 is 0 Å². The molecule has 0 aliphatic carbocycles. The molecule has 0 radical (unpaired) electrons. The van der Waals surface area contributed by atoms with Crippen molar-refractivity contribution in [3.05, 3.63) is 71.8 Å². The quantitative estimate of drug-likeness (QED) is 0.892. The van der Waals surface area contributed by atoms with Gasteiger partial charge in [-0.2, -0.15) is 0 Å². The molecule has 20 heavy (non-hydrogen) atoms. The summed E-state index contributed by atoms with van der Waals surface area (Å²) in [5.41, 5.74) is 2.57. The Kier molecular flexibility index (Phi) is 4.12. The monoisotopic (exact) mass is 264 g/mol. The molecule has 3 rings (SSSR count). The highest BCUT2D eigenvalue weighted by Crippen LogP contribution is 2.22. The van der Waals surface area contributed by atoms with Gasteiger partial charge in [-0.15, -0.1) is 0 Å². The summed E-state index contributed by atoms with van der Waals surface area (Å²) in [5.74, 6) is 1.15. The van der Waals surface area contributed by atoms with Crippen LogP contribution in [0.25, 0.3) is 0 Å². The maximum Gasteiger partial charge on any atom is 0.0970 e. The van der Waals surface area contributed by atoms with E-state index in [9.17, 15) is 0 Å². The molecule has 2 heteroatoms. The molecule has 2 aromatic rings. The van der Waals surface area contributed by atoms with E-state index in [1.165, 1.54) is 24.0 Å². The van der Waals surface area contributed by atoms with E-state index in [0.29, 0.717) is 0 Å². The summed E-state index contributed by atoms with van der Waals surface area (Å²) in [6.07, 6.45) is 3.52. The Morgan fingerprint density at radius 1 is 0.800 bits per heavy atom. The molecule has 102 valence electrons. The molecule has 0 amide bonds. The Labute approximate surface area is 120 Å². The van der Waals surface area contributed by atoms with Crippen LogP contribution in [0.3, 0.4) is 0 Å². The van der Waals surface area contributed by atoms with Gasteiger partial charge in [-0.1, -0.05) is 60.7 Å². The van der Waals surface area contributed by atoms with Gasteiger partial charge in [-0.25, -0.2) is 0 Å². The van der Waals surface area contributed by atoms with Crippen LogP contribution in [-0.2, 0) is 0 Å². The van der Waals surface area contributed by atoms with Gasteiger partial charge in [0.1, 0.15) is 0 Å². The van der Waals surface area contributed by atoms with E-state index in [4.69, 9.17) is 0 Å². The third-order valence-electron chi connectivity index (χ3n) is 3.70. The van der Waals surface area contributed by atoms with Crippen LogP contribution in [-0.4, -0.2) is 12.4 Å². The first-order chi connectivity index (χ1) is 9.93. The number of hydrogen-bond donors (Lipinski definition) is 1. The standard InChI is InChI=1S/C18H20N2/c1-3-9-15(10-4-1)18(16-11-5-2-6-12-16)20-17-13-7-8-14-19-17/h1-6,9-12,18H,7-8,13-14H2,(H,19,20). The molecule has 0 saturated heterocycles. The van der Waals surface area contributed by atoms with Crippen LogP contribution in [0, 0.1) is 0 Å². The summed E-state index contributed by atoms with van der Waals surface area (Å²) in [5, 5.41) is 3.64. The van der Waals surface area contributed by atoms with Crippen LogP contribution in [0.1, 0.15) is 36.4 Å². The van der Waals surface area contributed by atoms with Crippen LogP contribution < -0.4 is 5.32 Å². The molecule has 0 fully saturated rings. The van der Waals surface area contributed by atoms with Crippen molar-refractivity contribution in [2.75, 3.05) is 6.54 Å². The second kappa shape index (κ2) is 6.38. The molecule has 0 saturated carbocycles. The first-order valence-electron chi connectivity index (χ1n) is 7.33. The number of rotatable bonds is 3. The van der Waals surface area contributed by atoms with Gasteiger partial charge in [0.15, 0.2) is 0 Å². The van der Waals surface area contributed by atoms with Gasteiger partial charge in [0, 0.05) is 13.0 Å². The number of nitrogens with one attached hydrogen (secondary N) is 1. The molecule has 0 atom stereocenters. The number of nitrogens with zero attached hydrogens (tertiary/aromatic N) is 1. The normalized spacial score (nSPS) is 14.9. The summed E-state index contributed by atoms with van der Waals surface area (Å²) in [7, 11) is 0. The molecule has 2 nitrogen and oxygen atoms in total. The van der Waals surface area contributed by atoms with Gasteiger partial charge in [-0.05, 0) is 24.0 Å². The topological polar surface area (TPSA) is 24.4 Å². The van der Waals surface area contributed by atoms with Crippen molar-refractivity contribution in [1.82, 2.24) is 5.32 Å². The molecular weight excluding hydrogens is 244 g/mol. The van der Waals surface area contributed by atoms with Crippen molar-refractivity contribution in [2.45, 2.75) is 25.3 Å². The average molecular weight is 264 g/mol. The molecule has 0 spiro atoms. The van der Waals surface area contributed by atoms with Gasteiger partial charge in [0.2, 0.25) is 0 Å². The van der Waals surface area contributed by atoms with Gasteiger partial charge in [0.25, 0.3) is 0 Å². The maximum atomic E-state index is 4.63. The number of hydrogen-bond acceptors (Lipinski definition) is 2. The van der Waals surface area contributed by atoms with Gasteiger partial charge in [0.05, 0.1) is 11.9 Å². The summed E-state index contributed by atoms with van der Waals surface area (Å²) in [4.78, 5) is 4.63. The highest BCUT2D eigenvalue weighted by atomic mass is 15.0. The Hall–Kier alpha value is -2.09. The fourth-order valence-electron chi connectivity index (χ4n) is 2.63. The van der Waals surface area contributed by atoms with E-state index in [1.807, 2.05) is 0 Å². The fraction of sp³-hybridized carbons (Fsp3) is 0.278. The third-order valence-corrected chi connectivity index (χ3v) is 3.70. The summed E-state index contributed by atoms with van der Waals surface area (Å²) in [6, 6.07) is 21.4. The Bertz CT molecular complexity index is 521. The van der Waals surface area contributed by atoms with Crippen molar-refractivity contribution in [1.29, 1.82) is 0 Å². The minimum absolute atomic E-state index is 0.189. The molecule has 1 aliphatic heterocycles. The fourth-order valence-corrected chi connectivity index (χ4v) is 2.63. The summed E-state index contributed by atoms with van der Waals surface area (Å²) in [6.45, 7) is 0.957. The van der Waals surface area contributed by atoms with Gasteiger partial charge < -0.3 is 5.32 Å². The average Bonchev–Trinajstić information content (AvgIpc) is 2.55. The van der Waals surface area contributed by atoms with Crippen LogP contribution in [0.5, 0.6) is 0 Å². The van der Waals surface area contributed by atoms with Crippen molar-refractivity contribution < 1.29 is 0 Å². The van der Waals surface area contributed by atoms with Crippen molar-refractivity contribution in [3.63, 3.8) is 0 Å². The molecular formula is C18H20N2. The van der Waals surface area contributed by atoms with Gasteiger partial charge >= 0.3 is 0 Å². The lowest BCUT2D eigenvalue weighted by Gasteiger charge is -2.23. The smallest absolute Gasteiger partial charge is 0.0970 e. The first kappa shape index (κ1) is 12.9. The lowest BCUT2D eigenvalue weighted by molar-refractivity contribution is 0.676. The predicted molar refractivity (Wildman–Crippen MR) is 84.0 cm³/mol. The zero-order valence-electron chi connectivity index (χ0n) is 11.6. The molecule has 1 heterocycles. The third kappa shape index (κ3) is 3.08. The maximum absolute atomic E-state index is 4.63. The Morgan fingerprint density at radius 3 is 1.90 bits per heavy atom. The molecule has 0 aromatic heterocycles. The van der Waals surface area contributed by atoms with E-state index in [-0.39, 0.29) is 6.04 Å². The molecule has 0 bridgehead atoms. The molecule has 0 unspecified atom stereocenters. The number of benzene rings is 2. The van der Waals surface area contributed by atoms with Crippen LogP contribution in [0.15, 0.2) is 65.7 Å². The lowest BCUT2D eigenvalue weighted by Crippen LogP contribution is -2.30. The minimum Gasteiger partial charge on any atom is -0.363 e. The van der Waals surface area contributed by atoms with Crippen LogP contribution in [0.4, 0.5) is 0 Å². The Morgan fingerprint density at radius 2 is 1.40 bits per heavy atom. The van der Waals surface area contributed by atoms with Crippen LogP contribution >= 0.6 is 0 Å². The zero-order valence-corrected chi connectivity index (χ0v) is 11.6. The van der Waals surface area contributed by atoms with Gasteiger partial charge in [-0.3, -0.25) is 4.99 Å². The minimum atomic E-state index is 0.189. The van der Waals surface area contributed by atoms with Crippen LogP contribution in [0.2, 0.25) is 0 Å². The molecule has 1 N–H and O–H groups in total. The summed E-state index contributed by atoms with van der Waals surface area (Å²) >= 11 is 0. The van der Waals surface area contributed by atoms with E-state index < -0.39 is 0 Å². The van der Waals surface area contributed by atoms with Crippen molar-refractivity contribution in [2.24, 2.45) is 4.99 Å². The zero-order chi connectivity index (χ0) is 13.6. The highest BCUT2D eigenvalue weighted by molar-refractivity contribution is 5.83. The van der Waals surface area contributed by atoms with E-state index in [1.54, 1.807) is 0 Å². The second-order valence-corrected chi connectivity index (χ2v) is 5.18. The number of amidine groups is 1. The Balaban J connectivity index is 1.89. The molecule has 2 aromatic carbocycles. The van der Waals surface area contributed by atoms with Crippen molar-refractivity contribution in [3.8, 4) is 0 Å². The highest BCUT2D eigenvalue weighted by Gasteiger charge is 2.16. The molecule has 1 aliphatic rings. The summed E-state index contributed by atoms with van der Waals surface area (Å²) < 4.78 is 0. The largest absolute Gasteiger partial charge is 0.363 e. The first-order valence-corrected chi connectivity index (χ1v) is 7.33. The predicted octanol–water partition coefficient (Wildman–Crippen LogP) is 3.95. The van der Waals surface area contributed by atoms with E-state index in [2.05, 4.69) is 71.0 Å². The number of aliphatic imine (C=N–C) groups is 1. The second-order valence-electron chi connectivity index (χ2n) is 5.18. The SMILES string of the molecule is c1ccc(C(NC2=NCCCC2)c2ccccc2)cc1. The van der Waals surface area contributed by atoms with E-state index in [0.717, 1.165) is 18.8 Å². The lowest BCUT2D eigenvalue weighted by atomic mass is 9.98.